The Morgan fingerprint density at radius 1 is 0.833 bits per heavy atom. The summed E-state index contributed by atoms with van der Waals surface area (Å²) in [6.07, 6.45) is 1.36. The highest BCUT2D eigenvalue weighted by Gasteiger charge is 2.21. The summed E-state index contributed by atoms with van der Waals surface area (Å²) < 4.78 is 35.7. The third-order valence-corrected chi connectivity index (χ3v) is 6.44. The number of aromatic nitrogens is 1. The number of halogens is 1. The summed E-state index contributed by atoms with van der Waals surface area (Å²) in [5, 5.41) is 4.66. The van der Waals surface area contributed by atoms with Crippen molar-refractivity contribution >= 4 is 29.0 Å². The van der Waals surface area contributed by atoms with Gasteiger partial charge in [-0.05, 0) is 48.0 Å². The maximum Gasteiger partial charge on any atom is 0.343 e. The number of para-hydroxylation sites is 1. The molecule has 2 N–H and O–H groups in total. The average molecular weight is 568 g/mol. The summed E-state index contributed by atoms with van der Waals surface area (Å²) in [6.45, 7) is 0. The monoisotopic (exact) mass is 567 g/mol. The summed E-state index contributed by atoms with van der Waals surface area (Å²) in [5.74, 6) is -0.463. The smallest absolute Gasteiger partial charge is 0.343 e. The maximum absolute atomic E-state index is 14.1. The number of nitrogens with zero attached hydrogens (tertiary/aromatic N) is 1. The number of amides is 1. The molecule has 0 aliphatic carbocycles. The molecule has 212 valence electrons. The minimum absolute atomic E-state index is 0.174. The number of ether oxygens (including phenoxy) is 4. The van der Waals surface area contributed by atoms with Gasteiger partial charge in [0.15, 0.2) is 11.5 Å². The summed E-state index contributed by atoms with van der Waals surface area (Å²) in [6, 6.07) is 23.2. The zero-order chi connectivity index (χ0) is 29.6. The molecule has 10 heteroatoms. The zero-order valence-electron chi connectivity index (χ0n) is 22.9. The van der Waals surface area contributed by atoms with Gasteiger partial charge in [0, 0.05) is 22.0 Å². The normalized spacial score (nSPS) is 11.0. The highest BCUT2D eigenvalue weighted by atomic mass is 19.1. The lowest BCUT2D eigenvalue weighted by molar-refractivity contribution is 0.0733. The predicted molar refractivity (Wildman–Crippen MR) is 156 cm³/mol. The summed E-state index contributed by atoms with van der Waals surface area (Å²) in [5.41, 5.74) is 5.24. The SMILES string of the molecule is COc1cc(C(=O)Oc2ccccc2C=NNC(=O)c2[nH]c3ccc(F)cc3c2-c2ccccc2)cc(OC)c1OC. The Labute approximate surface area is 240 Å². The van der Waals surface area contributed by atoms with Crippen molar-refractivity contribution in [2.24, 2.45) is 5.10 Å². The molecule has 0 aliphatic heterocycles. The van der Waals surface area contributed by atoms with Crippen LogP contribution in [0.1, 0.15) is 26.4 Å². The molecule has 4 aromatic carbocycles. The van der Waals surface area contributed by atoms with E-state index in [-0.39, 0.29) is 17.0 Å². The van der Waals surface area contributed by atoms with Gasteiger partial charge >= 0.3 is 5.97 Å². The van der Waals surface area contributed by atoms with Crippen LogP contribution in [0.3, 0.4) is 0 Å². The van der Waals surface area contributed by atoms with Gasteiger partial charge in [-0.1, -0.05) is 42.5 Å². The van der Waals surface area contributed by atoms with Crippen LogP contribution in [0.25, 0.3) is 22.0 Å². The van der Waals surface area contributed by atoms with Crippen LogP contribution in [0.2, 0.25) is 0 Å². The maximum atomic E-state index is 14.1. The highest BCUT2D eigenvalue weighted by Crippen LogP contribution is 2.38. The minimum atomic E-state index is -0.669. The van der Waals surface area contributed by atoms with E-state index in [4.69, 9.17) is 18.9 Å². The molecule has 9 nitrogen and oxygen atoms in total. The first-order valence-corrected chi connectivity index (χ1v) is 12.7. The van der Waals surface area contributed by atoms with Crippen molar-refractivity contribution in [2.45, 2.75) is 0 Å². The van der Waals surface area contributed by atoms with Crippen molar-refractivity contribution in [3.05, 3.63) is 108 Å². The number of carbonyl (C=O) groups excluding carboxylic acids is 2. The van der Waals surface area contributed by atoms with Crippen molar-refractivity contribution in [3.8, 4) is 34.1 Å². The Balaban J connectivity index is 1.38. The quantitative estimate of drug-likeness (QED) is 0.0981. The standard InChI is InChI=1S/C32H26FN3O6/c1-39-26-15-21(16-27(40-2)30(26)41-3)32(38)42-25-12-8-7-11-20(25)18-34-36-31(37)29-28(19-9-5-4-6-10-19)23-17-22(33)13-14-24(23)35-29/h4-18,35H,1-3H3,(H,36,37). The average Bonchev–Trinajstić information content (AvgIpc) is 3.40. The number of H-pyrrole nitrogens is 1. The predicted octanol–water partition coefficient (Wildman–Crippen LogP) is 5.98. The van der Waals surface area contributed by atoms with Crippen molar-refractivity contribution < 1.29 is 32.9 Å². The first kappa shape index (κ1) is 27.9. The molecule has 42 heavy (non-hydrogen) atoms. The Hall–Kier alpha value is -5.64. The number of hydrazone groups is 1. The molecule has 0 radical (unpaired) electrons. The van der Waals surface area contributed by atoms with Gasteiger partial charge in [0.1, 0.15) is 17.3 Å². The molecule has 5 rings (SSSR count). The molecule has 0 fully saturated rings. The zero-order valence-corrected chi connectivity index (χ0v) is 22.9. The number of fused-ring (bicyclic) bond motifs is 1. The molecule has 0 atom stereocenters. The van der Waals surface area contributed by atoms with Gasteiger partial charge < -0.3 is 23.9 Å². The topological polar surface area (TPSA) is 111 Å². The number of benzene rings is 4. The molecular weight excluding hydrogens is 541 g/mol. The van der Waals surface area contributed by atoms with Crippen molar-refractivity contribution in [2.75, 3.05) is 21.3 Å². The van der Waals surface area contributed by atoms with Crippen LogP contribution in [0.5, 0.6) is 23.0 Å². The van der Waals surface area contributed by atoms with Crippen LogP contribution in [0.15, 0.2) is 90.0 Å². The van der Waals surface area contributed by atoms with E-state index < -0.39 is 17.7 Å². The molecule has 1 aromatic heterocycles. The molecule has 0 saturated heterocycles. The molecule has 0 bridgehead atoms. The molecule has 5 aromatic rings. The third-order valence-electron chi connectivity index (χ3n) is 6.44. The summed E-state index contributed by atoms with van der Waals surface area (Å²) in [4.78, 5) is 29.3. The van der Waals surface area contributed by atoms with E-state index in [1.807, 2.05) is 30.3 Å². The van der Waals surface area contributed by atoms with Crippen molar-refractivity contribution in [3.63, 3.8) is 0 Å². The van der Waals surface area contributed by atoms with Gasteiger partial charge in [-0.15, -0.1) is 0 Å². The molecule has 0 spiro atoms. The molecule has 1 heterocycles. The number of aromatic amines is 1. The van der Waals surface area contributed by atoms with Crippen LogP contribution in [0.4, 0.5) is 4.39 Å². The van der Waals surface area contributed by atoms with Gasteiger partial charge in [0.25, 0.3) is 5.91 Å². The lowest BCUT2D eigenvalue weighted by Crippen LogP contribution is -2.19. The van der Waals surface area contributed by atoms with E-state index >= 15 is 0 Å². The lowest BCUT2D eigenvalue weighted by atomic mass is 10.0. The van der Waals surface area contributed by atoms with Crippen LogP contribution in [-0.4, -0.2) is 44.4 Å². The van der Waals surface area contributed by atoms with Gasteiger partial charge in [-0.25, -0.2) is 14.6 Å². The van der Waals surface area contributed by atoms with E-state index in [0.717, 1.165) is 5.56 Å². The summed E-state index contributed by atoms with van der Waals surface area (Å²) in [7, 11) is 4.36. The summed E-state index contributed by atoms with van der Waals surface area (Å²) >= 11 is 0. The van der Waals surface area contributed by atoms with Gasteiger partial charge in [-0.3, -0.25) is 4.79 Å². The Morgan fingerprint density at radius 2 is 1.52 bits per heavy atom. The Kier molecular flexibility index (Phi) is 8.14. The van der Waals surface area contributed by atoms with Crippen LogP contribution in [0, 0.1) is 5.82 Å². The number of methoxy groups -OCH3 is 3. The second-order valence-corrected chi connectivity index (χ2v) is 8.97. The van der Waals surface area contributed by atoms with E-state index in [2.05, 4.69) is 15.5 Å². The minimum Gasteiger partial charge on any atom is -0.493 e. The van der Waals surface area contributed by atoms with Gasteiger partial charge in [0.05, 0.1) is 33.1 Å². The number of rotatable bonds is 9. The second kappa shape index (κ2) is 12.3. The van der Waals surface area contributed by atoms with E-state index in [9.17, 15) is 14.0 Å². The number of carbonyl (C=O) groups is 2. The second-order valence-electron chi connectivity index (χ2n) is 8.97. The van der Waals surface area contributed by atoms with Crippen LogP contribution >= 0.6 is 0 Å². The Morgan fingerprint density at radius 3 is 2.21 bits per heavy atom. The molecule has 0 saturated carbocycles. The first-order chi connectivity index (χ1) is 20.4. The van der Waals surface area contributed by atoms with E-state index in [0.29, 0.717) is 39.3 Å². The number of hydrogen-bond donors (Lipinski definition) is 2. The molecular formula is C32H26FN3O6. The lowest BCUT2D eigenvalue weighted by Gasteiger charge is -2.14. The third kappa shape index (κ3) is 5.64. The van der Waals surface area contributed by atoms with Crippen LogP contribution < -0.4 is 24.4 Å². The Bertz CT molecular complexity index is 1770. The highest BCUT2D eigenvalue weighted by molar-refractivity contribution is 6.09. The fraction of sp³-hybridized carbons (Fsp3) is 0.0938. The number of esters is 1. The van der Waals surface area contributed by atoms with Crippen molar-refractivity contribution in [1.29, 1.82) is 0 Å². The van der Waals surface area contributed by atoms with E-state index in [1.54, 1.807) is 30.3 Å². The fourth-order valence-electron chi connectivity index (χ4n) is 4.49. The number of nitrogens with one attached hydrogen (secondary N) is 2. The van der Waals surface area contributed by atoms with Gasteiger partial charge in [-0.2, -0.15) is 5.10 Å². The van der Waals surface area contributed by atoms with Crippen molar-refractivity contribution in [1.82, 2.24) is 10.4 Å². The van der Waals surface area contributed by atoms with Gasteiger partial charge in [0.2, 0.25) is 5.75 Å². The van der Waals surface area contributed by atoms with E-state index in [1.165, 1.54) is 51.8 Å². The number of hydrogen-bond acceptors (Lipinski definition) is 7. The molecule has 1 amide bonds. The molecule has 0 aliphatic rings. The fourth-order valence-corrected chi connectivity index (χ4v) is 4.49. The largest absolute Gasteiger partial charge is 0.493 e. The molecule has 0 unspecified atom stereocenters. The first-order valence-electron chi connectivity index (χ1n) is 12.7. The van der Waals surface area contributed by atoms with Crippen LogP contribution in [-0.2, 0) is 0 Å².